The number of amides is 1. The van der Waals surface area contributed by atoms with Gasteiger partial charge in [0.25, 0.3) is 0 Å². The van der Waals surface area contributed by atoms with Crippen molar-refractivity contribution in [3.8, 4) is 11.5 Å². The van der Waals surface area contributed by atoms with Crippen LogP contribution in [0.4, 0.5) is 11.4 Å². The summed E-state index contributed by atoms with van der Waals surface area (Å²) in [5.74, 6) is 1.06. The standard InChI is InChI=1S/C23H20BrClN2O3/c1-15(28)27-19-9-7-18(8-10-19)26-13-16-11-20(24)23(22(12-16)29-2)30-14-17-5-3-4-6-21(17)25/h3-13H,14H2,1-2H3,(H,27,28). The van der Waals surface area contributed by atoms with E-state index in [0.29, 0.717) is 23.1 Å². The van der Waals surface area contributed by atoms with Crippen LogP contribution in [-0.2, 0) is 11.4 Å². The Morgan fingerprint density at radius 3 is 2.57 bits per heavy atom. The van der Waals surface area contributed by atoms with Gasteiger partial charge >= 0.3 is 0 Å². The number of benzene rings is 3. The Hall–Kier alpha value is -2.83. The minimum atomic E-state index is -0.111. The maximum atomic E-state index is 11.1. The number of anilines is 1. The van der Waals surface area contributed by atoms with Gasteiger partial charge in [-0.15, -0.1) is 0 Å². The first-order chi connectivity index (χ1) is 14.5. The van der Waals surface area contributed by atoms with Crippen molar-refractivity contribution in [3.05, 3.63) is 81.3 Å². The number of ether oxygens (including phenoxy) is 2. The largest absolute Gasteiger partial charge is 0.493 e. The van der Waals surface area contributed by atoms with Crippen LogP contribution in [0.15, 0.2) is 70.1 Å². The van der Waals surface area contributed by atoms with Gasteiger partial charge in [0, 0.05) is 29.4 Å². The molecule has 1 N–H and O–H groups in total. The number of carbonyl (C=O) groups excluding carboxylic acids is 1. The first-order valence-corrected chi connectivity index (χ1v) is 10.3. The van der Waals surface area contributed by atoms with Crippen LogP contribution in [-0.4, -0.2) is 19.2 Å². The van der Waals surface area contributed by atoms with E-state index in [1.54, 1.807) is 25.5 Å². The number of nitrogens with zero attached hydrogens (tertiary/aromatic N) is 1. The fourth-order valence-electron chi connectivity index (χ4n) is 2.70. The molecule has 30 heavy (non-hydrogen) atoms. The van der Waals surface area contributed by atoms with Gasteiger partial charge in [-0.2, -0.15) is 0 Å². The molecule has 0 aliphatic rings. The summed E-state index contributed by atoms with van der Waals surface area (Å²) in [6.07, 6.45) is 1.73. The normalized spacial score (nSPS) is 10.8. The van der Waals surface area contributed by atoms with E-state index in [1.165, 1.54) is 6.92 Å². The van der Waals surface area contributed by atoms with Gasteiger partial charge in [0.15, 0.2) is 11.5 Å². The van der Waals surface area contributed by atoms with Crippen molar-refractivity contribution in [2.75, 3.05) is 12.4 Å². The molecule has 0 aliphatic heterocycles. The first-order valence-electron chi connectivity index (χ1n) is 9.11. The minimum Gasteiger partial charge on any atom is -0.493 e. The van der Waals surface area contributed by atoms with Gasteiger partial charge in [0.1, 0.15) is 6.61 Å². The van der Waals surface area contributed by atoms with Crippen LogP contribution in [0.1, 0.15) is 18.1 Å². The molecule has 0 radical (unpaired) electrons. The molecule has 0 spiro atoms. The molecule has 154 valence electrons. The first kappa shape index (κ1) is 21.9. The van der Waals surface area contributed by atoms with E-state index in [-0.39, 0.29) is 5.91 Å². The van der Waals surface area contributed by atoms with Crippen molar-refractivity contribution >= 4 is 51.0 Å². The second-order valence-electron chi connectivity index (χ2n) is 6.40. The van der Waals surface area contributed by atoms with Gasteiger partial charge < -0.3 is 14.8 Å². The van der Waals surface area contributed by atoms with E-state index in [4.69, 9.17) is 21.1 Å². The number of rotatable bonds is 7. The lowest BCUT2D eigenvalue weighted by Crippen LogP contribution is -2.04. The third-order valence-corrected chi connectivity index (χ3v) is 5.09. The van der Waals surface area contributed by atoms with Crippen molar-refractivity contribution in [1.29, 1.82) is 0 Å². The molecule has 0 aliphatic carbocycles. The molecule has 0 atom stereocenters. The number of hydrogen-bond acceptors (Lipinski definition) is 4. The van der Waals surface area contributed by atoms with E-state index in [0.717, 1.165) is 27.0 Å². The summed E-state index contributed by atoms with van der Waals surface area (Å²) in [7, 11) is 1.59. The zero-order valence-corrected chi connectivity index (χ0v) is 18.8. The summed E-state index contributed by atoms with van der Waals surface area (Å²) in [5.41, 5.74) is 3.22. The molecule has 3 aromatic carbocycles. The monoisotopic (exact) mass is 486 g/mol. The molecule has 3 aromatic rings. The lowest BCUT2D eigenvalue weighted by Gasteiger charge is -2.14. The van der Waals surface area contributed by atoms with Crippen LogP contribution >= 0.6 is 27.5 Å². The molecule has 0 bridgehead atoms. The summed E-state index contributed by atoms with van der Waals surface area (Å²) >= 11 is 9.75. The number of aliphatic imine (C=N–C) groups is 1. The van der Waals surface area contributed by atoms with Crippen LogP contribution in [0, 0.1) is 0 Å². The number of nitrogens with one attached hydrogen (secondary N) is 1. The Bertz CT molecular complexity index is 1070. The summed E-state index contributed by atoms with van der Waals surface area (Å²) < 4.78 is 12.2. The molecule has 3 rings (SSSR count). The summed E-state index contributed by atoms with van der Waals surface area (Å²) in [4.78, 5) is 15.6. The van der Waals surface area contributed by atoms with Gasteiger partial charge in [-0.05, 0) is 64.0 Å². The molecule has 0 heterocycles. The Labute approximate surface area is 188 Å². The quantitative estimate of drug-likeness (QED) is 0.392. The predicted molar refractivity (Wildman–Crippen MR) is 124 cm³/mol. The molecule has 0 unspecified atom stereocenters. The number of carbonyl (C=O) groups is 1. The molecule has 7 heteroatoms. The van der Waals surface area contributed by atoms with Gasteiger partial charge in [0.2, 0.25) is 5.91 Å². The predicted octanol–water partition coefficient (Wildman–Crippen LogP) is 6.40. The SMILES string of the molecule is COc1cc(C=Nc2ccc(NC(C)=O)cc2)cc(Br)c1OCc1ccccc1Cl. The smallest absolute Gasteiger partial charge is 0.221 e. The van der Waals surface area contributed by atoms with Gasteiger partial charge in [-0.25, -0.2) is 0 Å². The second kappa shape index (κ2) is 10.3. The van der Waals surface area contributed by atoms with E-state index < -0.39 is 0 Å². The van der Waals surface area contributed by atoms with E-state index in [1.807, 2.05) is 48.5 Å². The van der Waals surface area contributed by atoms with Gasteiger partial charge in [-0.3, -0.25) is 9.79 Å². The van der Waals surface area contributed by atoms with E-state index in [2.05, 4.69) is 26.2 Å². The van der Waals surface area contributed by atoms with Crippen LogP contribution in [0.25, 0.3) is 0 Å². The molecular weight excluding hydrogens is 468 g/mol. The van der Waals surface area contributed by atoms with Crippen molar-refractivity contribution < 1.29 is 14.3 Å². The highest BCUT2D eigenvalue weighted by Crippen LogP contribution is 2.37. The summed E-state index contributed by atoms with van der Waals surface area (Å²) in [6, 6.07) is 18.6. The Morgan fingerprint density at radius 2 is 1.90 bits per heavy atom. The highest BCUT2D eigenvalue weighted by molar-refractivity contribution is 9.10. The number of halogens is 2. The fourth-order valence-corrected chi connectivity index (χ4v) is 3.47. The zero-order chi connectivity index (χ0) is 21.5. The second-order valence-corrected chi connectivity index (χ2v) is 7.66. The van der Waals surface area contributed by atoms with Crippen molar-refractivity contribution in [2.45, 2.75) is 13.5 Å². The Kier molecular flexibility index (Phi) is 7.49. The van der Waals surface area contributed by atoms with Crippen LogP contribution in [0.3, 0.4) is 0 Å². The average molecular weight is 488 g/mol. The lowest BCUT2D eigenvalue weighted by molar-refractivity contribution is -0.114. The molecule has 1 amide bonds. The Balaban J connectivity index is 1.75. The third kappa shape index (κ3) is 5.84. The molecule has 0 saturated heterocycles. The highest BCUT2D eigenvalue weighted by atomic mass is 79.9. The average Bonchev–Trinajstić information content (AvgIpc) is 2.72. The third-order valence-electron chi connectivity index (χ3n) is 4.13. The summed E-state index contributed by atoms with van der Waals surface area (Å²) in [5, 5.41) is 3.38. The maximum Gasteiger partial charge on any atom is 0.221 e. The Morgan fingerprint density at radius 1 is 1.17 bits per heavy atom. The van der Waals surface area contributed by atoms with Crippen LogP contribution in [0.5, 0.6) is 11.5 Å². The van der Waals surface area contributed by atoms with Crippen molar-refractivity contribution in [2.24, 2.45) is 4.99 Å². The number of hydrogen-bond donors (Lipinski definition) is 1. The maximum absolute atomic E-state index is 11.1. The van der Waals surface area contributed by atoms with Gasteiger partial charge in [0.05, 0.1) is 17.3 Å². The highest BCUT2D eigenvalue weighted by Gasteiger charge is 2.12. The van der Waals surface area contributed by atoms with Crippen LogP contribution < -0.4 is 14.8 Å². The van der Waals surface area contributed by atoms with Gasteiger partial charge in [-0.1, -0.05) is 29.8 Å². The molecule has 0 fully saturated rings. The van der Waals surface area contributed by atoms with E-state index in [9.17, 15) is 4.79 Å². The minimum absolute atomic E-state index is 0.111. The molecular formula is C23H20BrClN2O3. The zero-order valence-electron chi connectivity index (χ0n) is 16.5. The number of methoxy groups -OCH3 is 1. The van der Waals surface area contributed by atoms with Crippen LogP contribution in [0.2, 0.25) is 5.02 Å². The lowest BCUT2D eigenvalue weighted by atomic mass is 10.2. The van der Waals surface area contributed by atoms with Crippen molar-refractivity contribution in [3.63, 3.8) is 0 Å². The molecule has 5 nitrogen and oxygen atoms in total. The summed E-state index contributed by atoms with van der Waals surface area (Å²) in [6.45, 7) is 1.79. The molecule has 0 saturated carbocycles. The fraction of sp³-hybridized carbons (Fsp3) is 0.130. The topological polar surface area (TPSA) is 59.9 Å². The molecule has 0 aromatic heterocycles. The van der Waals surface area contributed by atoms with E-state index >= 15 is 0 Å². The van der Waals surface area contributed by atoms with Crippen molar-refractivity contribution in [1.82, 2.24) is 0 Å².